The summed E-state index contributed by atoms with van der Waals surface area (Å²) in [7, 11) is 0. The largest absolute Gasteiger partial charge is 0.476 e. The van der Waals surface area contributed by atoms with Crippen molar-refractivity contribution in [3.05, 3.63) is 58.1 Å². The van der Waals surface area contributed by atoms with Gasteiger partial charge in [0.1, 0.15) is 5.75 Å². The van der Waals surface area contributed by atoms with E-state index in [1.54, 1.807) is 46.2 Å². The van der Waals surface area contributed by atoms with Crippen molar-refractivity contribution >= 4 is 40.7 Å². The van der Waals surface area contributed by atoms with Gasteiger partial charge in [0, 0.05) is 28.7 Å². The molecule has 0 radical (unpaired) electrons. The van der Waals surface area contributed by atoms with E-state index in [2.05, 4.69) is 0 Å². The van der Waals surface area contributed by atoms with Crippen LogP contribution in [0.3, 0.4) is 0 Å². The molecule has 2 aliphatic heterocycles. The van der Waals surface area contributed by atoms with Gasteiger partial charge in [0.15, 0.2) is 6.10 Å². The topological polar surface area (TPSA) is 59.1 Å². The summed E-state index contributed by atoms with van der Waals surface area (Å²) < 4.78 is 11.2. The number of hydrogen-bond donors (Lipinski definition) is 0. The minimum atomic E-state index is -0.786. The van der Waals surface area contributed by atoms with Crippen molar-refractivity contribution < 1.29 is 19.1 Å². The summed E-state index contributed by atoms with van der Waals surface area (Å²) in [4.78, 5) is 29.4. The van der Waals surface area contributed by atoms with Gasteiger partial charge < -0.3 is 19.3 Å². The lowest BCUT2D eigenvalue weighted by Crippen LogP contribution is -2.54. The highest BCUT2D eigenvalue weighted by atomic mass is 35.5. The first kappa shape index (κ1) is 19.1. The average Bonchev–Trinajstić information content (AvgIpc) is 2.71. The highest BCUT2D eigenvalue weighted by Crippen LogP contribution is 2.35. The molecule has 2 heterocycles. The van der Waals surface area contributed by atoms with Crippen LogP contribution in [-0.4, -0.2) is 55.7 Å². The Bertz CT molecular complexity index is 895. The number of benzene rings is 2. The molecule has 1 fully saturated rings. The fraction of sp³-hybridized carbons (Fsp3) is 0.300. The summed E-state index contributed by atoms with van der Waals surface area (Å²) in [6.45, 7) is 2.13. The van der Waals surface area contributed by atoms with Gasteiger partial charge in [0.2, 0.25) is 0 Å². The molecule has 4 rings (SSSR count). The van der Waals surface area contributed by atoms with Crippen molar-refractivity contribution in [2.24, 2.45) is 0 Å². The second-order valence-electron chi connectivity index (χ2n) is 6.59. The summed E-state index contributed by atoms with van der Waals surface area (Å²) >= 11 is 12.1. The summed E-state index contributed by atoms with van der Waals surface area (Å²) in [6.07, 6.45) is -0.786. The number of ether oxygens (including phenoxy) is 2. The first-order valence-corrected chi connectivity index (χ1v) is 9.69. The maximum absolute atomic E-state index is 13.2. The van der Waals surface area contributed by atoms with Gasteiger partial charge in [-0.2, -0.15) is 0 Å². The van der Waals surface area contributed by atoms with Gasteiger partial charge in [-0.1, -0.05) is 35.3 Å². The SMILES string of the molecule is O=C([C@@H]1CN(C(=O)c2cc(Cl)cc(Cl)c2)c2ccccc2O1)N1CCOCC1. The van der Waals surface area contributed by atoms with Crippen LogP contribution >= 0.6 is 23.2 Å². The zero-order valence-corrected chi connectivity index (χ0v) is 16.4. The molecule has 2 aromatic carbocycles. The zero-order chi connectivity index (χ0) is 19.7. The number of carbonyl (C=O) groups excluding carboxylic acids is 2. The molecule has 2 aliphatic rings. The number of anilines is 1. The number of carbonyl (C=O) groups is 2. The Morgan fingerprint density at radius 2 is 1.68 bits per heavy atom. The molecule has 0 bridgehead atoms. The molecular weight excluding hydrogens is 403 g/mol. The van der Waals surface area contributed by atoms with E-state index < -0.39 is 6.10 Å². The fourth-order valence-corrected chi connectivity index (χ4v) is 3.90. The Morgan fingerprint density at radius 3 is 2.39 bits per heavy atom. The minimum Gasteiger partial charge on any atom is -0.476 e. The molecule has 0 aromatic heterocycles. The summed E-state index contributed by atoms with van der Waals surface area (Å²) in [6, 6.07) is 11.8. The third kappa shape index (κ3) is 3.81. The normalized spacial score (nSPS) is 19.0. The number of amides is 2. The highest BCUT2D eigenvalue weighted by molar-refractivity contribution is 6.35. The van der Waals surface area contributed by atoms with E-state index >= 15 is 0 Å². The number of halogens is 2. The summed E-state index contributed by atoms with van der Waals surface area (Å²) in [5.41, 5.74) is 0.960. The number of hydrogen-bond acceptors (Lipinski definition) is 4. The van der Waals surface area contributed by atoms with Crippen molar-refractivity contribution in [3.63, 3.8) is 0 Å². The van der Waals surface area contributed by atoms with Crippen LogP contribution < -0.4 is 9.64 Å². The molecule has 0 N–H and O–H groups in total. The van der Waals surface area contributed by atoms with Crippen molar-refractivity contribution in [2.75, 3.05) is 37.7 Å². The van der Waals surface area contributed by atoms with E-state index in [4.69, 9.17) is 32.7 Å². The van der Waals surface area contributed by atoms with E-state index in [-0.39, 0.29) is 18.4 Å². The highest BCUT2D eigenvalue weighted by Gasteiger charge is 2.36. The Morgan fingerprint density at radius 1 is 1.00 bits per heavy atom. The van der Waals surface area contributed by atoms with Crippen molar-refractivity contribution in [1.29, 1.82) is 0 Å². The zero-order valence-electron chi connectivity index (χ0n) is 14.9. The van der Waals surface area contributed by atoms with Gasteiger partial charge in [0.05, 0.1) is 25.4 Å². The van der Waals surface area contributed by atoms with E-state index in [0.29, 0.717) is 53.3 Å². The van der Waals surface area contributed by atoms with Crippen molar-refractivity contribution in [2.45, 2.75) is 6.10 Å². The maximum Gasteiger partial charge on any atom is 0.265 e. The van der Waals surface area contributed by atoms with Gasteiger partial charge in [0.25, 0.3) is 11.8 Å². The molecule has 146 valence electrons. The predicted octanol–water partition coefficient (Wildman–Crippen LogP) is 3.26. The van der Waals surface area contributed by atoms with Crippen LogP contribution in [-0.2, 0) is 9.53 Å². The summed E-state index contributed by atoms with van der Waals surface area (Å²) in [5, 5.41) is 0.747. The number of nitrogens with zero attached hydrogens (tertiary/aromatic N) is 2. The molecule has 0 unspecified atom stereocenters. The third-order valence-corrected chi connectivity index (χ3v) is 5.16. The molecule has 2 aromatic rings. The Balaban J connectivity index is 1.65. The van der Waals surface area contributed by atoms with E-state index in [1.165, 1.54) is 0 Å². The van der Waals surface area contributed by atoms with E-state index in [9.17, 15) is 9.59 Å². The minimum absolute atomic E-state index is 0.107. The first-order chi connectivity index (χ1) is 13.5. The second kappa shape index (κ2) is 7.99. The Labute approximate surface area is 172 Å². The standard InChI is InChI=1S/C20H18Cl2N2O4/c21-14-9-13(10-15(22)11-14)19(25)24-12-18(20(26)23-5-7-27-8-6-23)28-17-4-2-1-3-16(17)24/h1-4,9-11,18H,5-8,12H2/t18-/m0/s1. The van der Waals surface area contributed by atoms with Gasteiger partial charge >= 0.3 is 0 Å². The summed E-state index contributed by atoms with van der Waals surface area (Å²) in [5.74, 6) is 0.0430. The van der Waals surface area contributed by atoms with Crippen LogP contribution in [0.2, 0.25) is 10.0 Å². The molecule has 2 amide bonds. The molecule has 0 aliphatic carbocycles. The lowest BCUT2D eigenvalue weighted by molar-refractivity contribution is -0.142. The van der Waals surface area contributed by atoms with Crippen LogP contribution in [0.4, 0.5) is 5.69 Å². The fourth-order valence-electron chi connectivity index (χ4n) is 3.38. The number of rotatable bonds is 2. The number of morpholine rings is 1. The average molecular weight is 421 g/mol. The molecule has 1 saturated heterocycles. The molecule has 0 spiro atoms. The molecule has 1 atom stereocenters. The molecular formula is C20H18Cl2N2O4. The van der Waals surface area contributed by atoms with Gasteiger partial charge in [-0.15, -0.1) is 0 Å². The Kier molecular flexibility index (Phi) is 5.44. The smallest absolute Gasteiger partial charge is 0.265 e. The van der Waals surface area contributed by atoms with Gasteiger partial charge in [-0.05, 0) is 30.3 Å². The van der Waals surface area contributed by atoms with Gasteiger partial charge in [-0.25, -0.2) is 0 Å². The quantitative estimate of drug-likeness (QED) is 0.747. The van der Waals surface area contributed by atoms with Gasteiger partial charge in [-0.3, -0.25) is 9.59 Å². The first-order valence-electron chi connectivity index (χ1n) is 8.93. The number of para-hydroxylation sites is 2. The van der Waals surface area contributed by atoms with Crippen LogP contribution in [0.15, 0.2) is 42.5 Å². The monoisotopic (exact) mass is 420 g/mol. The van der Waals surface area contributed by atoms with Crippen molar-refractivity contribution in [3.8, 4) is 5.75 Å². The van der Waals surface area contributed by atoms with E-state index in [1.807, 2.05) is 6.07 Å². The van der Waals surface area contributed by atoms with E-state index in [0.717, 1.165) is 0 Å². The van der Waals surface area contributed by atoms with Crippen LogP contribution in [0.25, 0.3) is 0 Å². The van der Waals surface area contributed by atoms with Crippen LogP contribution in [0, 0.1) is 0 Å². The predicted molar refractivity (Wildman–Crippen MR) is 106 cm³/mol. The molecule has 6 nitrogen and oxygen atoms in total. The molecule has 8 heteroatoms. The van der Waals surface area contributed by atoms with Crippen LogP contribution in [0.1, 0.15) is 10.4 Å². The Hall–Kier alpha value is -2.28. The molecule has 28 heavy (non-hydrogen) atoms. The molecule has 0 saturated carbocycles. The van der Waals surface area contributed by atoms with Crippen molar-refractivity contribution in [1.82, 2.24) is 4.90 Å². The third-order valence-electron chi connectivity index (χ3n) is 4.73. The van der Waals surface area contributed by atoms with Crippen LogP contribution in [0.5, 0.6) is 5.75 Å². The number of fused-ring (bicyclic) bond motifs is 1. The maximum atomic E-state index is 13.2. The second-order valence-corrected chi connectivity index (χ2v) is 7.46. The lowest BCUT2D eigenvalue weighted by Gasteiger charge is -2.37. The lowest BCUT2D eigenvalue weighted by atomic mass is 10.1.